The van der Waals surface area contributed by atoms with Crippen LogP contribution in [0, 0.1) is 17.5 Å². The zero-order chi connectivity index (χ0) is 23.8. The van der Waals surface area contributed by atoms with E-state index in [2.05, 4.69) is 20.1 Å². The molecule has 2 atom stereocenters. The standard InChI is InChI=1S/C22H24F3N5O3/c1-3-32-20(31)5-4-8-33-22(11-30-14-27-13-29-30,17-7-6-16(23)9-18(17)24)15(2)21-19(25)10-26-12-28-21/h6-7,9-10,12-15H,3-5,8,11H2,1-2H3/t15-,22+/m0/s1. The highest BCUT2D eigenvalue weighted by Crippen LogP contribution is 2.43. The smallest absolute Gasteiger partial charge is 0.305 e. The molecule has 0 unspecified atom stereocenters. The van der Waals surface area contributed by atoms with Crippen LogP contribution >= 0.6 is 0 Å². The molecule has 0 aliphatic carbocycles. The molecular weight excluding hydrogens is 439 g/mol. The first-order chi connectivity index (χ1) is 15.9. The molecule has 0 radical (unpaired) electrons. The van der Waals surface area contributed by atoms with Crippen LogP contribution < -0.4 is 0 Å². The van der Waals surface area contributed by atoms with Gasteiger partial charge in [-0.2, -0.15) is 5.10 Å². The molecule has 0 fully saturated rings. The first-order valence-electron chi connectivity index (χ1n) is 10.4. The van der Waals surface area contributed by atoms with Crippen molar-refractivity contribution in [3.63, 3.8) is 0 Å². The highest BCUT2D eigenvalue weighted by molar-refractivity contribution is 5.69. The molecule has 0 amide bonds. The van der Waals surface area contributed by atoms with Gasteiger partial charge in [-0.3, -0.25) is 4.79 Å². The minimum Gasteiger partial charge on any atom is -0.466 e. The van der Waals surface area contributed by atoms with Crippen molar-refractivity contribution < 1.29 is 27.4 Å². The molecule has 1 aromatic carbocycles. The average Bonchev–Trinajstić information content (AvgIpc) is 3.29. The van der Waals surface area contributed by atoms with Crippen molar-refractivity contribution in [2.45, 2.75) is 44.8 Å². The van der Waals surface area contributed by atoms with Gasteiger partial charge in [0, 0.05) is 30.6 Å². The lowest BCUT2D eigenvalue weighted by molar-refractivity contribution is -0.144. The number of aromatic nitrogens is 5. The minimum absolute atomic E-state index is 0.00136. The predicted molar refractivity (Wildman–Crippen MR) is 110 cm³/mol. The topological polar surface area (TPSA) is 92.0 Å². The summed E-state index contributed by atoms with van der Waals surface area (Å²) >= 11 is 0. The molecule has 3 aromatic rings. The lowest BCUT2D eigenvalue weighted by atomic mass is 9.79. The number of hydrogen-bond acceptors (Lipinski definition) is 7. The Labute approximate surface area is 188 Å². The van der Waals surface area contributed by atoms with Gasteiger partial charge in [-0.15, -0.1) is 0 Å². The molecule has 0 bridgehead atoms. The van der Waals surface area contributed by atoms with E-state index in [1.54, 1.807) is 13.8 Å². The normalized spacial score (nSPS) is 14.0. The van der Waals surface area contributed by atoms with Crippen LogP contribution in [-0.2, 0) is 26.4 Å². The lowest BCUT2D eigenvalue weighted by Crippen LogP contribution is -2.42. The zero-order valence-corrected chi connectivity index (χ0v) is 18.2. The number of esters is 1. The van der Waals surface area contributed by atoms with Gasteiger partial charge in [-0.1, -0.05) is 13.0 Å². The van der Waals surface area contributed by atoms with Gasteiger partial charge in [-0.25, -0.2) is 32.8 Å². The highest BCUT2D eigenvalue weighted by atomic mass is 19.1. The summed E-state index contributed by atoms with van der Waals surface area (Å²) in [6.45, 7) is 3.49. The third-order valence-corrected chi connectivity index (χ3v) is 5.25. The summed E-state index contributed by atoms with van der Waals surface area (Å²) in [7, 11) is 0. The molecule has 2 heterocycles. The Morgan fingerprint density at radius 1 is 1.18 bits per heavy atom. The van der Waals surface area contributed by atoms with Gasteiger partial charge in [-0.05, 0) is 19.4 Å². The number of nitrogens with zero attached hydrogens (tertiary/aromatic N) is 5. The molecule has 0 N–H and O–H groups in total. The van der Waals surface area contributed by atoms with Gasteiger partial charge in [0.1, 0.15) is 36.2 Å². The lowest BCUT2D eigenvalue weighted by Gasteiger charge is -2.39. The largest absolute Gasteiger partial charge is 0.466 e. The van der Waals surface area contributed by atoms with E-state index in [1.165, 1.54) is 29.7 Å². The fourth-order valence-corrected chi connectivity index (χ4v) is 3.66. The Morgan fingerprint density at radius 2 is 2.00 bits per heavy atom. The van der Waals surface area contributed by atoms with Crippen LogP contribution in [0.3, 0.4) is 0 Å². The van der Waals surface area contributed by atoms with Crippen LogP contribution in [0.1, 0.15) is 43.9 Å². The Kier molecular flexibility index (Phi) is 8.10. The number of rotatable bonds is 11. The minimum atomic E-state index is -1.57. The van der Waals surface area contributed by atoms with Crippen LogP contribution in [0.2, 0.25) is 0 Å². The maximum Gasteiger partial charge on any atom is 0.305 e. The third-order valence-electron chi connectivity index (χ3n) is 5.25. The van der Waals surface area contributed by atoms with Crippen LogP contribution in [0.4, 0.5) is 13.2 Å². The van der Waals surface area contributed by atoms with Crippen LogP contribution in [0.15, 0.2) is 43.4 Å². The number of carbonyl (C=O) groups excluding carboxylic acids is 1. The fraction of sp³-hybridized carbons (Fsp3) is 0.409. The van der Waals surface area contributed by atoms with Crippen LogP contribution in [-0.4, -0.2) is 43.9 Å². The maximum absolute atomic E-state index is 15.1. The molecule has 2 aromatic heterocycles. The SMILES string of the molecule is CCOC(=O)CCCO[C@@](Cn1cncn1)(c1ccc(F)cc1F)[C@@H](C)c1ncncc1F. The van der Waals surface area contributed by atoms with Gasteiger partial charge in [0.15, 0.2) is 5.82 Å². The van der Waals surface area contributed by atoms with Gasteiger partial charge in [0.2, 0.25) is 0 Å². The van der Waals surface area contributed by atoms with Gasteiger partial charge in [0.05, 0.1) is 25.0 Å². The summed E-state index contributed by atoms with van der Waals surface area (Å²) in [5, 5.41) is 4.08. The summed E-state index contributed by atoms with van der Waals surface area (Å²) in [6.07, 6.45) is 5.22. The summed E-state index contributed by atoms with van der Waals surface area (Å²) in [4.78, 5) is 23.3. The molecule has 33 heavy (non-hydrogen) atoms. The Balaban J connectivity index is 2.05. The monoisotopic (exact) mass is 463 g/mol. The molecule has 0 saturated heterocycles. The average molecular weight is 463 g/mol. The summed E-state index contributed by atoms with van der Waals surface area (Å²) in [5.41, 5.74) is -1.60. The Bertz CT molecular complexity index is 1070. The molecule has 3 rings (SSSR count). The Morgan fingerprint density at radius 3 is 2.67 bits per heavy atom. The fourth-order valence-electron chi connectivity index (χ4n) is 3.66. The first-order valence-corrected chi connectivity index (χ1v) is 10.4. The Hall–Kier alpha value is -3.34. The summed E-state index contributed by atoms with van der Waals surface area (Å²) < 4.78 is 56.1. The quantitative estimate of drug-likeness (QED) is 0.317. The van der Waals surface area contributed by atoms with Crippen molar-refractivity contribution in [1.82, 2.24) is 24.7 Å². The molecule has 8 nitrogen and oxygen atoms in total. The second kappa shape index (κ2) is 11.0. The molecule has 0 spiro atoms. The maximum atomic E-state index is 15.1. The van der Waals surface area contributed by atoms with E-state index in [0.717, 1.165) is 18.3 Å². The highest BCUT2D eigenvalue weighted by Gasteiger charge is 2.44. The second-order valence-corrected chi connectivity index (χ2v) is 7.34. The molecule has 176 valence electrons. The van der Waals surface area contributed by atoms with Crippen molar-refractivity contribution in [1.29, 1.82) is 0 Å². The van der Waals surface area contributed by atoms with E-state index in [0.29, 0.717) is 0 Å². The number of carbonyl (C=O) groups is 1. The van der Waals surface area contributed by atoms with E-state index in [-0.39, 0.29) is 43.9 Å². The summed E-state index contributed by atoms with van der Waals surface area (Å²) in [6, 6.07) is 3.08. The van der Waals surface area contributed by atoms with Crippen molar-refractivity contribution in [2.24, 2.45) is 0 Å². The van der Waals surface area contributed by atoms with Crippen molar-refractivity contribution in [3.05, 3.63) is 72.1 Å². The number of benzene rings is 1. The van der Waals surface area contributed by atoms with E-state index < -0.39 is 34.9 Å². The molecule has 11 heteroatoms. The molecule has 0 saturated carbocycles. The van der Waals surface area contributed by atoms with E-state index in [4.69, 9.17) is 9.47 Å². The van der Waals surface area contributed by atoms with Gasteiger partial charge in [0.25, 0.3) is 0 Å². The number of halogens is 3. The second-order valence-electron chi connectivity index (χ2n) is 7.34. The van der Waals surface area contributed by atoms with Gasteiger partial charge >= 0.3 is 5.97 Å². The third kappa shape index (κ3) is 5.72. The summed E-state index contributed by atoms with van der Waals surface area (Å²) in [5.74, 6) is -3.61. The molecular formula is C22H24F3N5O3. The van der Waals surface area contributed by atoms with Crippen molar-refractivity contribution in [3.8, 4) is 0 Å². The van der Waals surface area contributed by atoms with E-state index in [1.807, 2.05) is 0 Å². The molecule has 0 aliphatic rings. The van der Waals surface area contributed by atoms with Gasteiger partial charge < -0.3 is 9.47 Å². The number of ether oxygens (including phenoxy) is 2. The van der Waals surface area contributed by atoms with Crippen molar-refractivity contribution >= 4 is 5.97 Å². The van der Waals surface area contributed by atoms with Crippen LogP contribution in [0.25, 0.3) is 0 Å². The zero-order valence-electron chi connectivity index (χ0n) is 18.2. The molecule has 0 aliphatic heterocycles. The number of hydrogen-bond donors (Lipinski definition) is 0. The first kappa shape index (κ1) is 24.3. The van der Waals surface area contributed by atoms with E-state index >= 15 is 4.39 Å². The van der Waals surface area contributed by atoms with Crippen molar-refractivity contribution in [2.75, 3.05) is 13.2 Å². The van der Waals surface area contributed by atoms with E-state index in [9.17, 15) is 13.6 Å². The van der Waals surface area contributed by atoms with Crippen LogP contribution in [0.5, 0.6) is 0 Å². The predicted octanol–water partition coefficient (Wildman–Crippen LogP) is 3.54.